The first-order valence-electron chi connectivity index (χ1n) is 17.3. The van der Waals surface area contributed by atoms with Gasteiger partial charge in [-0.15, -0.1) is 0 Å². The van der Waals surface area contributed by atoms with E-state index < -0.39 is 0 Å². The molecule has 0 atom stereocenters. The third-order valence-corrected chi connectivity index (χ3v) is 10.6. The van der Waals surface area contributed by atoms with Gasteiger partial charge in [0, 0.05) is 44.3 Å². The van der Waals surface area contributed by atoms with Crippen LogP contribution in [-0.2, 0) is 0 Å². The predicted molar refractivity (Wildman–Crippen MR) is 208 cm³/mol. The predicted octanol–water partition coefficient (Wildman–Crippen LogP) is 13.2. The summed E-state index contributed by atoms with van der Waals surface area (Å²) in [6.07, 6.45) is 0. The third-order valence-electron chi connectivity index (χ3n) is 10.6. The molecule has 0 amide bonds. The Hall–Kier alpha value is -5.34. The monoisotopic (exact) mass is 620 g/mol. The molecule has 0 N–H and O–H groups in total. The van der Waals surface area contributed by atoms with Crippen LogP contribution in [0.25, 0.3) is 82.0 Å². The molecule has 0 spiro atoms. The van der Waals surface area contributed by atoms with E-state index in [1.807, 2.05) is 0 Å². The van der Waals surface area contributed by atoms with E-state index in [1.54, 1.807) is 0 Å². The maximum atomic E-state index is 2.52. The van der Waals surface area contributed by atoms with Crippen LogP contribution in [0.4, 0.5) is 0 Å². The molecule has 0 unspecified atom stereocenters. The van der Waals surface area contributed by atoms with Crippen molar-refractivity contribution in [2.75, 3.05) is 0 Å². The molecular formula is C46H40N2. The fourth-order valence-electron chi connectivity index (χ4n) is 8.56. The number of aromatic nitrogens is 2. The molecular weight excluding hydrogens is 581 g/mol. The minimum Gasteiger partial charge on any atom is -0.338 e. The van der Waals surface area contributed by atoms with Gasteiger partial charge in [-0.05, 0) is 119 Å². The molecule has 0 radical (unpaired) electrons. The van der Waals surface area contributed by atoms with Gasteiger partial charge in [0.05, 0.1) is 11.0 Å². The van der Waals surface area contributed by atoms with Gasteiger partial charge in [0.25, 0.3) is 0 Å². The van der Waals surface area contributed by atoms with Gasteiger partial charge in [-0.1, -0.05) is 98.8 Å². The summed E-state index contributed by atoms with van der Waals surface area (Å²) in [5.41, 5.74) is 12.9. The Balaban J connectivity index is 1.41. The number of benzene rings is 7. The van der Waals surface area contributed by atoms with Crippen molar-refractivity contribution in [3.63, 3.8) is 0 Å². The van der Waals surface area contributed by atoms with Gasteiger partial charge in [0.2, 0.25) is 0 Å². The van der Waals surface area contributed by atoms with E-state index in [-0.39, 0.29) is 0 Å². The molecule has 2 heterocycles. The molecule has 0 bridgehead atoms. The van der Waals surface area contributed by atoms with Crippen LogP contribution >= 0.6 is 0 Å². The highest BCUT2D eigenvalue weighted by Gasteiger charge is 2.21. The van der Waals surface area contributed by atoms with Crippen molar-refractivity contribution >= 4 is 65.2 Å². The smallest absolute Gasteiger partial charge is 0.0553 e. The topological polar surface area (TPSA) is 9.86 Å². The summed E-state index contributed by atoms with van der Waals surface area (Å²) >= 11 is 0. The molecule has 0 aliphatic heterocycles. The second-order valence-electron chi connectivity index (χ2n) is 14.2. The van der Waals surface area contributed by atoms with Crippen LogP contribution in [0.15, 0.2) is 121 Å². The van der Waals surface area contributed by atoms with Gasteiger partial charge in [0.15, 0.2) is 0 Å². The lowest BCUT2D eigenvalue weighted by atomic mass is 9.93. The zero-order chi connectivity index (χ0) is 32.8. The first kappa shape index (κ1) is 28.8. The van der Waals surface area contributed by atoms with Crippen molar-refractivity contribution < 1.29 is 0 Å². The van der Waals surface area contributed by atoms with E-state index in [0.717, 1.165) is 0 Å². The van der Waals surface area contributed by atoms with E-state index in [4.69, 9.17) is 0 Å². The van der Waals surface area contributed by atoms with Gasteiger partial charge < -0.3 is 9.13 Å². The molecule has 0 aliphatic rings. The lowest BCUT2D eigenvalue weighted by Crippen LogP contribution is -2.01. The molecule has 48 heavy (non-hydrogen) atoms. The second kappa shape index (κ2) is 10.6. The van der Waals surface area contributed by atoms with Crippen LogP contribution < -0.4 is 0 Å². The largest absolute Gasteiger partial charge is 0.338 e. The van der Waals surface area contributed by atoms with Crippen molar-refractivity contribution in [3.8, 4) is 16.8 Å². The normalized spacial score (nSPS) is 12.3. The highest BCUT2D eigenvalue weighted by Crippen LogP contribution is 2.44. The molecule has 7 aromatic carbocycles. The number of hydrogen-bond acceptors (Lipinski definition) is 0. The Bertz CT molecular complexity index is 2750. The summed E-state index contributed by atoms with van der Waals surface area (Å²) in [4.78, 5) is 0. The average Bonchev–Trinajstić information content (AvgIpc) is 3.61. The SMILES string of the molecule is Cc1cc(-n2c3ccccc3c3c4ccccc4c(-c4ccc5c(c4)c4c6ccccc6ccc4n5C(C)C)cc32)c(C)cc1C(C)C. The van der Waals surface area contributed by atoms with Crippen molar-refractivity contribution in [1.82, 2.24) is 9.13 Å². The highest BCUT2D eigenvalue weighted by atomic mass is 15.0. The van der Waals surface area contributed by atoms with Crippen LogP contribution in [0, 0.1) is 13.8 Å². The van der Waals surface area contributed by atoms with E-state index in [1.165, 1.54) is 98.7 Å². The lowest BCUT2D eigenvalue weighted by Gasteiger charge is -2.18. The molecule has 0 fully saturated rings. The van der Waals surface area contributed by atoms with Gasteiger partial charge in [-0.3, -0.25) is 0 Å². The van der Waals surface area contributed by atoms with E-state index >= 15 is 0 Å². The maximum absolute atomic E-state index is 2.52. The van der Waals surface area contributed by atoms with Crippen molar-refractivity contribution in [1.29, 1.82) is 0 Å². The quantitative estimate of drug-likeness (QED) is 0.185. The fourth-order valence-corrected chi connectivity index (χ4v) is 8.56. The fraction of sp³-hybridized carbons (Fsp3) is 0.174. The van der Waals surface area contributed by atoms with Crippen molar-refractivity contribution in [2.45, 2.75) is 53.5 Å². The lowest BCUT2D eigenvalue weighted by molar-refractivity contribution is 0.642. The molecule has 2 aromatic heterocycles. The summed E-state index contributed by atoms with van der Waals surface area (Å²) in [5, 5.41) is 10.4. The summed E-state index contributed by atoms with van der Waals surface area (Å²) in [6.45, 7) is 13.7. The Kier molecular flexibility index (Phi) is 6.36. The van der Waals surface area contributed by atoms with Crippen LogP contribution in [0.5, 0.6) is 0 Å². The summed E-state index contributed by atoms with van der Waals surface area (Å²) in [7, 11) is 0. The molecule has 9 aromatic rings. The van der Waals surface area contributed by atoms with E-state index in [0.29, 0.717) is 12.0 Å². The Morgan fingerprint density at radius 1 is 0.479 bits per heavy atom. The standard InChI is InChI=1S/C46H40N2/c1-27(2)37-23-30(6)43(24-29(37)5)48-40-18-12-11-17-36(40)46-35-16-10-9-15-34(35)38(26-44(46)48)32-20-21-41-39(25-32)45-33-14-8-7-13-31(33)19-22-42(45)47(41)28(3)4/h7-28H,1-6H3. The molecule has 0 aliphatic carbocycles. The number of aryl methyl sites for hydroxylation is 2. The van der Waals surface area contributed by atoms with Gasteiger partial charge in [-0.25, -0.2) is 0 Å². The summed E-state index contributed by atoms with van der Waals surface area (Å²) in [5.74, 6) is 0.486. The van der Waals surface area contributed by atoms with E-state index in [9.17, 15) is 0 Å². The molecule has 234 valence electrons. The van der Waals surface area contributed by atoms with Crippen molar-refractivity contribution in [2.24, 2.45) is 0 Å². The molecule has 9 rings (SSSR count). The third kappa shape index (κ3) is 4.05. The maximum Gasteiger partial charge on any atom is 0.0553 e. The zero-order valence-corrected chi connectivity index (χ0v) is 28.6. The van der Waals surface area contributed by atoms with Gasteiger partial charge >= 0.3 is 0 Å². The first-order valence-corrected chi connectivity index (χ1v) is 17.3. The highest BCUT2D eigenvalue weighted by molar-refractivity contribution is 6.25. The summed E-state index contributed by atoms with van der Waals surface area (Å²) < 4.78 is 5.02. The van der Waals surface area contributed by atoms with Crippen LogP contribution in [0.3, 0.4) is 0 Å². The minimum absolute atomic E-state index is 0.346. The van der Waals surface area contributed by atoms with Crippen molar-refractivity contribution in [3.05, 3.63) is 138 Å². The second-order valence-corrected chi connectivity index (χ2v) is 14.2. The van der Waals surface area contributed by atoms with Crippen LogP contribution in [-0.4, -0.2) is 9.13 Å². The molecule has 0 saturated heterocycles. The minimum atomic E-state index is 0.346. The number of nitrogens with zero attached hydrogens (tertiary/aromatic N) is 2. The van der Waals surface area contributed by atoms with E-state index in [2.05, 4.69) is 172 Å². The average molecular weight is 621 g/mol. The zero-order valence-electron chi connectivity index (χ0n) is 28.6. The first-order chi connectivity index (χ1) is 23.3. The van der Waals surface area contributed by atoms with Gasteiger partial charge in [-0.2, -0.15) is 0 Å². The Morgan fingerprint density at radius 2 is 1.15 bits per heavy atom. The number of fused-ring (bicyclic) bond motifs is 10. The van der Waals surface area contributed by atoms with Crippen LogP contribution in [0.2, 0.25) is 0 Å². The molecule has 2 heteroatoms. The molecule has 0 saturated carbocycles. The van der Waals surface area contributed by atoms with Gasteiger partial charge in [0.1, 0.15) is 0 Å². The number of para-hydroxylation sites is 1. The number of hydrogen-bond donors (Lipinski definition) is 0. The van der Waals surface area contributed by atoms with Crippen LogP contribution in [0.1, 0.15) is 56.3 Å². The number of rotatable bonds is 4. The Labute approximate surface area is 281 Å². The Morgan fingerprint density at radius 3 is 1.92 bits per heavy atom. The summed E-state index contributed by atoms with van der Waals surface area (Å²) in [6, 6.07) is 46.1. The molecule has 2 nitrogen and oxygen atoms in total.